The standard InChI is InChI=1S/4ClH.2W/h4*1H;;/q;;;;;+4/p-4. The van der Waals surface area contributed by atoms with Gasteiger partial charge in [0.05, 0.1) is 0 Å². The van der Waals surface area contributed by atoms with Gasteiger partial charge in [-0.15, -0.1) is 0 Å². The van der Waals surface area contributed by atoms with Gasteiger partial charge in [-0.2, -0.15) is 0 Å². The minimum Gasteiger partial charge on any atom is 0 e. The Morgan fingerprint density at radius 1 is 0.833 bits per heavy atom. The molecule has 0 atom stereocenters. The van der Waals surface area contributed by atoms with Gasteiger partial charge < -0.3 is 0 Å². The molecular weight excluding hydrogens is 509 g/mol. The van der Waals surface area contributed by atoms with E-state index < -0.39 is 11.9 Å². The summed E-state index contributed by atoms with van der Waals surface area (Å²) in [6.45, 7) is 0. The first kappa shape index (κ1) is 11.3. The van der Waals surface area contributed by atoms with Crippen molar-refractivity contribution in [2.45, 2.75) is 0 Å². The Morgan fingerprint density at radius 3 is 0.833 bits per heavy atom. The molecule has 0 saturated carbocycles. The van der Waals surface area contributed by atoms with E-state index in [4.69, 9.17) is 37.7 Å². The first-order valence-corrected chi connectivity index (χ1v) is 15.2. The molecule has 0 bridgehead atoms. The van der Waals surface area contributed by atoms with Crippen LogP contribution < -0.4 is 0 Å². The Labute approximate surface area is 69.6 Å². The van der Waals surface area contributed by atoms with Crippen molar-refractivity contribution >= 4 is 37.7 Å². The van der Waals surface area contributed by atoms with Crippen LogP contribution in [0.15, 0.2) is 0 Å². The molecular formula is Cl4W2. The van der Waals surface area contributed by atoms with E-state index in [1.54, 1.807) is 0 Å². The summed E-state index contributed by atoms with van der Waals surface area (Å²) in [7, 11) is 20.1. The van der Waals surface area contributed by atoms with Crippen molar-refractivity contribution in [3.05, 3.63) is 0 Å². The van der Waals surface area contributed by atoms with Crippen molar-refractivity contribution in [3.63, 3.8) is 0 Å². The van der Waals surface area contributed by atoms with E-state index in [0.29, 0.717) is 0 Å². The number of halogens is 4. The fraction of sp³-hybridized carbons (Fsp3) is 0. The fourth-order valence-electron chi connectivity index (χ4n) is 0. The second-order valence-corrected chi connectivity index (χ2v) is 25.8. The van der Waals surface area contributed by atoms with Crippen LogP contribution in [0, 0.1) is 0 Å². The second kappa shape index (κ2) is 4.42. The van der Waals surface area contributed by atoms with Crippen LogP contribution in [0.2, 0.25) is 0 Å². The van der Waals surface area contributed by atoms with Crippen molar-refractivity contribution in [1.82, 2.24) is 0 Å². The summed E-state index contributed by atoms with van der Waals surface area (Å²) in [5.74, 6) is 0. The van der Waals surface area contributed by atoms with E-state index in [0.717, 1.165) is 0 Å². The molecule has 0 aromatic rings. The van der Waals surface area contributed by atoms with E-state index in [9.17, 15) is 0 Å². The fourth-order valence-corrected chi connectivity index (χ4v) is 0. The molecule has 0 heterocycles. The van der Waals surface area contributed by atoms with Crippen LogP contribution in [-0.2, 0) is 33.0 Å². The maximum absolute atomic E-state index is 5.03. The molecule has 6 heavy (non-hydrogen) atoms. The topological polar surface area (TPSA) is 0 Å². The van der Waals surface area contributed by atoms with E-state index in [1.807, 2.05) is 0 Å². The van der Waals surface area contributed by atoms with E-state index in [2.05, 4.69) is 0 Å². The van der Waals surface area contributed by atoms with Gasteiger partial charge in [-0.1, -0.05) is 0 Å². The van der Waals surface area contributed by atoms with Crippen molar-refractivity contribution in [3.8, 4) is 0 Å². The van der Waals surface area contributed by atoms with Crippen LogP contribution in [0.25, 0.3) is 0 Å². The van der Waals surface area contributed by atoms with Gasteiger partial charge in [0, 0.05) is 21.1 Å². The van der Waals surface area contributed by atoms with Crippen LogP contribution in [-0.4, -0.2) is 0 Å². The quantitative estimate of drug-likeness (QED) is 0.472. The summed E-state index contributed by atoms with van der Waals surface area (Å²) < 4.78 is 0. The Hall–Kier alpha value is 2.54. The van der Waals surface area contributed by atoms with Crippen LogP contribution in [0.1, 0.15) is 0 Å². The Kier molecular flexibility index (Phi) is 8.36. The van der Waals surface area contributed by atoms with Gasteiger partial charge in [-0.05, 0) is 0 Å². The molecule has 0 N–H and O–H groups in total. The summed E-state index contributed by atoms with van der Waals surface area (Å²) in [5.41, 5.74) is 0. The molecule has 0 rings (SSSR count). The molecule has 0 amide bonds. The van der Waals surface area contributed by atoms with E-state index in [1.165, 1.54) is 0 Å². The summed E-state index contributed by atoms with van der Waals surface area (Å²) in [5, 5.41) is 0. The van der Waals surface area contributed by atoms with Gasteiger partial charge in [0.2, 0.25) is 0 Å². The molecule has 0 aromatic heterocycles. The first-order chi connectivity index (χ1) is 2.00. The zero-order valence-electron chi connectivity index (χ0n) is 2.33. The molecule has 0 nitrogen and oxygen atoms in total. The zero-order chi connectivity index (χ0) is 4.50. The predicted octanol–water partition coefficient (Wildman–Crippen LogP) is 2.75. The van der Waals surface area contributed by atoms with Crippen molar-refractivity contribution in [2.75, 3.05) is 0 Å². The third kappa shape index (κ3) is 31.1. The third-order valence-corrected chi connectivity index (χ3v) is 0. The molecule has 0 aliphatic carbocycles. The summed E-state index contributed by atoms with van der Waals surface area (Å²) in [6.07, 6.45) is 0. The number of hydrogen-bond donors (Lipinski definition) is 0. The van der Waals surface area contributed by atoms with Gasteiger partial charge in [-0.25, -0.2) is 0 Å². The van der Waals surface area contributed by atoms with Crippen molar-refractivity contribution in [2.24, 2.45) is 0 Å². The molecule has 0 saturated heterocycles. The smallest absolute Gasteiger partial charge is 0 e. The summed E-state index contributed by atoms with van der Waals surface area (Å²) in [6, 6.07) is 0. The Balaban J connectivity index is 0. The Morgan fingerprint density at radius 2 is 0.833 bits per heavy atom. The molecule has 0 fully saturated rings. The van der Waals surface area contributed by atoms with Gasteiger partial charge in [-0.3, -0.25) is 0 Å². The SMILES string of the molecule is [Cl][W]([Cl])([Cl])[Cl].[W]. The molecule has 0 unspecified atom stereocenters. The monoisotopic (exact) mass is 508 g/mol. The Bertz CT molecular complexity index is 21.0. The molecule has 0 aliphatic heterocycles. The van der Waals surface area contributed by atoms with E-state index in [-0.39, 0.29) is 21.1 Å². The van der Waals surface area contributed by atoms with Crippen LogP contribution in [0.4, 0.5) is 0 Å². The molecule has 40 valence electrons. The van der Waals surface area contributed by atoms with Gasteiger partial charge in [0.25, 0.3) is 0 Å². The predicted molar refractivity (Wildman–Crippen MR) is 23.4 cm³/mol. The largest absolute Gasteiger partial charge is 0 e. The van der Waals surface area contributed by atoms with Crippen LogP contribution >= 0.6 is 37.7 Å². The average Bonchev–Trinajstić information content (AvgIpc) is 0.722. The number of hydrogen-bond acceptors (Lipinski definition) is 0. The maximum Gasteiger partial charge on any atom is 0 e. The van der Waals surface area contributed by atoms with Gasteiger partial charge in [0.1, 0.15) is 0 Å². The summed E-state index contributed by atoms with van der Waals surface area (Å²) in [4.78, 5) is 0. The van der Waals surface area contributed by atoms with Gasteiger partial charge in [0.15, 0.2) is 0 Å². The first-order valence-electron chi connectivity index (χ1n) is 0.617. The minimum absolute atomic E-state index is 0. The zero-order valence-corrected chi connectivity index (χ0v) is 11.2. The number of rotatable bonds is 0. The molecule has 6 heteroatoms. The van der Waals surface area contributed by atoms with Gasteiger partial charge >= 0.3 is 49.6 Å². The average molecular weight is 509 g/mol. The molecule has 0 aromatic carbocycles. The normalized spacial score (nSPS) is 12.7. The minimum atomic E-state index is -3.28. The molecule has 0 spiro atoms. The third-order valence-electron chi connectivity index (χ3n) is 0. The maximum atomic E-state index is 5.03. The van der Waals surface area contributed by atoms with Crippen molar-refractivity contribution in [1.29, 1.82) is 0 Å². The van der Waals surface area contributed by atoms with E-state index >= 15 is 0 Å². The van der Waals surface area contributed by atoms with Crippen LogP contribution in [0.5, 0.6) is 0 Å². The molecule has 0 radical (unpaired) electrons. The van der Waals surface area contributed by atoms with Crippen LogP contribution in [0.3, 0.4) is 0 Å². The summed E-state index contributed by atoms with van der Waals surface area (Å²) >= 11 is -3.28. The van der Waals surface area contributed by atoms with Crippen molar-refractivity contribution < 1.29 is 33.0 Å². The molecule has 0 aliphatic rings. The second-order valence-electron chi connectivity index (χ2n) is 0.350.